The molecule has 0 unspecified atom stereocenters. The lowest BCUT2D eigenvalue weighted by Crippen LogP contribution is -2.12. The molecule has 0 spiro atoms. The van der Waals surface area contributed by atoms with Crippen LogP contribution in [0.15, 0.2) is 68.3 Å². The van der Waals surface area contributed by atoms with Crippen LogP contribution in [0.2, 0.25) is 0 Å². The monoisotopic (exact) mass is 316 g/mol. The third-order valence-corrected chi connectivity index (χ3v) is 3.17. The number of rotatable bonds is 2. The topological polar surface area (TPSA) is 48.0 Å². The van der Waals surface area contributed by atoms with Crippen molar-refractivity contribution in [1.29, 1.82) is 0 Å². The minimum atomic E-state index is -0.496. The molecule has 1 aromatic heterocycles. The van der Waals surface area contributed by atoms with E-state index >= 15 is 0 Å². The van der Waals surface area contributed by atoms with Crippen LogP contribution in [0.3, 0.4) is 0 Å². The average Bonchev–Trinajstić information content (AvgIpc) is 2.83. The van der Waals surface area contributed by atoms with E-state index in [2.05, 4.69) is 21.0 Å². The molecule has 4 nitrogen and oxygen atoms in total. The summed E-state index contributed by atoms with van der Waals surface area (Å²) in [6.07, 6.45) is 0. The fourth-order valence-electron chi connectivity index (χ4n) is 1.72. The summed E-state index contributed by atoms with van der Waals surface area (Å²) < 4.78 is 7.38. The predicted octanol–water partition coefficient (Wildman–Crippen LogP) is 3.26. The van der Waals surface area contributed by atoms with Gasteiger partial charge in [-0.05, 0) is 36.4 Å². The zero-order valence-electron chi connectivity index (χ0n) is 9.79. The number of aromatic nitrogens is 2. The fourth-order valence-corrected chi connectivity index (χ4v) is 1.98. The molecule has 19 heavy (non-hydrogen) atoms. The standard InChI is InChI=1S/C14H9BrN2O2/c15-11-8-6-10(7-9-11)13-16-17(14(18)19-13)12-4-2-1-3-5-12/h1-9H. The van der Waals surface area contributed by atoms with Gasteiger partial charge in [-0.1, -0.05) is 34.1 Å². The normalized spacial score (nSPS) is 10.6. The third kappa shape index (κ3) is 2.37. The first-order chi connectivity index (χ1) is 9.24. The summed E-state index contributed by atoms with van der Waals surface area (Å²) in [7, 11) is 0. The predicted molar refractivity (Wildman–Crippen MR) is 75.2 cm³/mol. The smallest absolute Gasteiger partial charge is 0.387 e. The summed E-state index contributed by atoms with van der Waals surface area (Å²) in [5.74, 6) is -0.189. The number of para-hydroxylation sites is 1. The summed E-state index contributed by atoms with van der Waals surface area (Å²) >= 11 is 3.36. The molecule has 0 aliphatic carbocycles. The van der Waals surface area contributed by atoms with Gasteiger partial charge in [-0.2, -0.15) is 4.68 Å². The maximum atomic E-state index is 11.8. The SMILES string of the molecule is O=c1oc(-c2ccc(Br)cc2)nn1-c1ccccc1. The highest BCUT2D eigenvalue weighted by Crippen LogP contribution is 2.19. The molecule has 0 N–H and O–H groups in total. The Labute approximate surface area is 117 Å². The molecule has 0 radical (unpaired) electrons. The van der Waals surface area contributed by atoms with Crippen LogP contribution in [0.4, 0.5) is 0 Å². The second-order valence-corrected chi connectivity index (χ2v) is 4.84. The van der Waals surface area contributed by atoms with Crippen molar-refractivity contribution in [1.82, 2.24) is 9.78 Å². The second-order valence-electron chi connectivity index (χ2n) is 3.93. The van der Waals surface area contributed by atoms with E-state index in [0.717, 1.165) is 10.0 Å². The van der Waals surface area contributed by atoms with Gasteiger partial charge in [0.2, 0.25) is 5.89 Å². The Morgan fingerprint density at radius 3 is 2.37 bits per heavy atom. The second kappa shape index (κ2) is 4.85. The Kier molecular flexibility index (Phi) is 3.05. The largest absolute Gasteiger partial charge is 0.442 e. The molecular weight excluding hydrogens is 308 g/mol. The Bertz CT molecular complexity index is 745. The lowest BCUT2D eigenvalue weighted by Gasteiger charge is -1.96. The maximum absolute atomic E-state index is 11.8. The third-order valence-electron chi connectivity index (χ3n) is 2.64. The molecule has 0 saturated carbocycles. The Morgan fingerprint density at radius 1 is 1.00 bits per heavy atom. The van der Waals surface area contributed by atoms with E-state index in [4.69, 9.17) is 4.42 Å². The summed E-state index contributed by atoms with van der Waals surface area (Å²) in [6, 6.07) is 16.6. The van der Waals surface area contributed by atoms with E-state index in [0.29, 0.717) is 11.6 Å². The van der Waals surface area contributed by atoms with E-state index < -0.39 is 5.76 Å². The van der Waals surface area contributed by atoms with Crippen molar-refractivity contribution in [2.24, 2.45) is 0 Å². The van der Waals surface area contributed by atoms with Crippen molar-refractivity contribution in [3.63, 3.8) is 0 Å². The summed E-state index contributed by atoms with van der Waals surface area (Å²) in [5, 5.41) is 4.20. The van der Waals surface area contributed by atoms with Gasteiger partial charge in [0.1, 0.15) is 0 Å². The van der Waals surface area contributed by atoms with Crippen LogP contribution in [0.5, 0.6) is 0 Å². The molecule has 5 heteroatoms. The Hall–Kier alpha value is -2.14. The molecule has 0 saturated heterocycles. The first-order valence-electron chi connectivity index (χ1n) is 5.65. The highest BCUT2D eigenvalue weighted by atomic mass is 79.9. The first kappa shape index (κ1) is 11.9. The van der Waals surface area contributed by atoms with Gasteiger partial charge in [-0.3, -0.25) is 0 Å². The summed E-state index contributed by atoms with van der Waals surface area (Å²) in [5.41, 5.74) is 1.44. The molecule has 0 aliphatic heterocycles. The summed E-state index contributed by atoms with van der Waals surface area (Å²) in [4.78, 5) is 11.8. The minimum absolute atomic E-state index is 0.307. The lowest BCUT2D eigenvalue weighted by atomic mass is 10.2. The Morgan fingerprint density at radius 2 is 1.68 bits per heavy atom. The number of benzene rings is 2. The number of halogens is 1. The van der Waals surface area contributed by atoms with E-state index in [1.807, 2.05) is 42.5 Å². The zero-order valence-corrected chi connectivity index (χ0v) is 11.4. The molecule has 3 rings (SSSR count). The van der Waals surface area contributed by atoms with Crippen LogP contribution in [0.1, 0.15) is 0 Å². The van der Waals surface area contributed by atoms with Crippen molar-refractivity contribution >= 4 is 15.9 Å². The van der Waals surface area contributed by atoms with Crippen molar-refractivity contribution in [3.8, 4) is 17.1 Å². The van der Waals surface area contributed by atoms with Crippen LogP contribution in [-0.2, 0) is 0 Å². The van der Waals surface area contributed by atoms with Crippen LogP contribution >= 0.6 is 15.9 Å². The highest BCUT2D eigenvalue weighted by molar-refractivity contribution is 9.10. The molecule has 0 bridgehead atoms. The quantitative estimate of drug-likeness (QED) is 0.729. The highest BCUT2D eigenvalue weighted by Gasteiger charge is 2.11. The number of nitrogens with zero attached hydrogens (tertiary/aromatic N) is 2. The van der Waals surface area contributed by atoms with Gasteiger partial charge in [-0.15, -0.1) is 5.10 Å². The average molecular weight is 317 g/mol. The molecule has 0 atom stereocenters. The van der Waals surface area contributed by atoms with Gasteiger partial charge < -0.3 is 4.42 Å². The number of hydrogen-bond donors (Lipinski definition) is 0. The van der Waals surface area contributed by atoms with E-state index in [1.54, 1.807) is 12.1 Å². The number of hydrogen-bond acceptors (Lipinski definition) is 3. The van der Waals surface area contributed by atoms with Gasteiger partial charge >= 0.3 is 5.76 Å². The fraction of sp³-hybridized carbons (Fsp3) is 0. The molecule has 3 aromatic rings. The maximum Gasteiger partial charge on any atom is 0.442 e. The van der Waals surface area contributed by atoms with Gasteiger partial charge in [0, 0.05) is 10.0 Å². The zero-order chi connectivity index (χ0) is 13.2. The van der Waals surface area contributed by atoms with Crippen molar-refractivity contribution in [3.05, 3.63) is 69.6 Å². The van der Waals surface area contributed by atoms with Gasteiger partial charge in [0.25, 0.3) is 0 Å². The van der Waals surface area contributed by atoms with Gasteiger partial charge in [-0.25, -0.2) is 4.79 Å². The van der Waals surface area contributed by atoms with Crippen LogP contribution in [-0.4, -0.2) is 9.78 Å². The van der Waals surface area contributed by atoms with Crippen LogP contribution in [0, 0.1) is 0 Å². The van der Waals surface area contributed by atoms with Crippen LogP contribution < -0.4 is 5.76 Å². The van der Waals surface area contributed by atoms with E-state index in [-0.39, 0.29) is 0 Å². The minimum Gasteiger partial charge on any atom is -0.387 e. The van der Waals surface area contributed by atoms with Crippen molar-refractivity contribution in [2.45, 2.75) is 0 Å². The molecule has 0 aliphatic rings. The summed E-state index contributed by atoms with van der Waals surface area (Å²) in [6.45, 7) is 0. The molecule has 1 heterocycles. The van der Waals surface area contributed by atoms with Gasteiger partial charge in [0.15, 0.2) is 0 Å². The molecule has 94 valence electrons. The van der Waals surface area contributed by atoms with Crippen molar-refractivity contribution in [2.75, 3.05) is 0 Å². The molecular formula is C14H9BrN2O2. The first-order valence-corrected chi connectivity index (χ1v) is 6.45. The van der Waals surface area contributed by atoms with E-state index in [9.17, 15) is 4.79 Å². The molecule has 0 amide bonds. The molecule has 0 fully saturated rings. The van der Waals surface area contributed by atoms with Crippen molar-refractivity contribution < 1.29 is 4.42 Å². The van der Waals surface area contributed by atoms with Gasteiger partial charge in [0.05, 0.1) is 5.69 Å². The molecule has 2 aromatic carbocycles. The lowest BCUT2D eigenvalue weighted by molar-refractivity contribution is 0.516. The van der Waals surface area contributed by atoms with Crippen LogP contribution in [0.25, 0.3) is 17.1 Å². The van der Waals surface area contributed by atoms with E-state index in [1.165, 1.54) is 4.68 Å². The Balaban J connectivity index is 2.07.